The van der Waals surface area contributed by atoms with Gasteiger partial charge in [0.25, 0.3) is 0 Å². The van der Waals surface area contributed by atoms with Crippen molar-refractivity contribution >= 4 is 18.0 Å². The van der Waals surface area contributed by atoms with Crippen LogP contribution in [0.2, 0.25) is 0 Å². The summed E-state index contributed by atoms with van der Waals surface area (Å²) in [6.45, 7) is 0. The lowest BCUT2D eigenvalue weighted by Gasteiger charge is -2.21. The highest BCUT2D eigenvalue weighted by molar-refractivity contribution is 7.82. The van der Waals surface area contributed by atoms with Gasteiger partial charge >= 0.3 is 18.0 Å². The van der Waals surface area contributed by atoms with Crippen molar-refractivity contribution in [2.75, 3.05) is 14.2 Å². The van der Waals surface area contributed by atoms with Gasteiger partial charge in [0.15, 0.2) is 0 Å². The molecule has 0 amide bonds. The maximum Gasteiger partial charge on any atom is 0.401 e. The van der Waals surface area contributed by atoms with Gasteiger partial charge in [0.2, 0.25) is 5.85 Å². The molecule has 112 valence electrons. The van der Waals surface area contributed by atoms with Crippen LogP contribution in [-0.4, -0.2) is 34.6 Å². The second kappa shape index (κ2) is 5.93. The van der Waals surface area contributed by atoms with Gasteiger partial charge in [0, 0.05) is 20.6 Å². The zero-order valence-corrected chi connectivity index (χ0v) is 12.7. The molecule has 1 aliphatic heterocycles. The Morgan fingerprint density at radius 2 is 1.75 bits per heavy atom. The molecule has 1 aromatic rings. The van der Waals surface area contributed by atoms with Gasteiger partial charge in [0.05, 0.1) is 0 Å². The maximum absolute atomic E-state index is 12.3. The van der Waals surface area contributed by atoms with E-state index in [1.807, 2.05) is 6.07 Å². The average molecular weight is 322 g/mol. The normalized spacial score (nSPS) is 25.7. The summed E-state index contributed by atoms with van der Waals surface area (Å²) < 4.78 is 54.4. The zero-order chi connectivity index (χ0) is 14.8. The third-order valence-corrected chi connectivity index (χ3v) is 6.02. The largest absolute Gasteiger partial charge is 0.401 e. The van der Waals surface area contributed by atoms with Gasteiger partial charge < -0.3 is 9.05 Å². The number of benzene rings is 1. The van der Waals surface area contributed by atoms with Gasteiger partial charge in [-0.2, -0.15) is 8.42 Å². The zero-order valence-electron chi connectivity index (χ0n) is 11.0. The van der Waals surface area contributed by atoms with E-state index in [1.165, 1.54) is 0 Å². The molecule has 7 nitrogen and oxygen atoms in total. The van der Waals surface area contributed by atoms with Crippen molar-refractivity contribution in [3.63, 3.8) is 0 Å². The summed E-state index contributed by atoms with van der Waals surface area (Å²) in [5.41, 5.74) is 0.821. The predicted octanol–water partition coefficient (Wildman–Crippen LogP) is 1.70. The third kappa shape index (κ3) is 3.28. The van der Waals surface area contributed by atoms with Gasteiger partial charge in [-0.25, -0.2) is 8.37 Å². The SMILES string of the molecule is COP(=O)(OC)[C@@H]1OS(=O)(=O)O[C@H]1Cc1ccccc1. The second-order valence-electron chi connectivity index (χ2n) is 4.12. The van der Waals surface area contributed by atoms with E-state index in [-0.39, 0.29) is 6.42 Å². The monoisotopic (exact) mass is 322 g/mol. The summed E-state index contributed by atoms with van der Waals surface area (Å²) in [6, 6.07) is 9.05. The highest BCUT2D eigenvalue weighted by Gasteiger charge is 2.52. The first-order valence-electron chi connectivity index (χ1n) is 5.77. The summed E-state index contributed by atoms with van der Waals surface area (Å²) in [4.78, 5) is 0. The molecule has 20 heavy (non-hydrogen) atoms. The summed E-state index contributed by atoms with van der Waals surface area (Å²) in [6.07, 6.45) is -0.755. The fourth-order valence-corrected chi connectivity index (χ4v) is 4.77. The summed E-state index contributed by atoms with van der Waals surface area (Å²) in [7, 11) is -5.60. The third-order valence-electron chi connectivity index (χ3n) is 2.88. The molecule has 1 aliphatic rings. The van der Waals surface area contributed by atoms with Crippen molar-refractivity contribution in [3.8, 4) is 0 Å². The minimum atomic E-state index is -4.20. The van der Waals surface area contributed by atoms with Crippen LogP contribution >= 0.6 is 7.60 Å². The van der Waals surface area contributed by atoms with Crippen LogP contribution in [0.1, 0.15) is 5.56 Å². The Kier molecular flexibility index (Phi) is 4.63. The topological polar surface area (TPSA) is 88.1 Å². The average Bonchev–Trinajstić information content (AvgIpc) is 2.74. The molecule has 9 heteroatoms. The van der Waals surface area contributed by atoms with Gasteiger partial charge in [-0.15, -0.1) is 0 Å². The van der Waals surface area contributed by atoms with Crippen LogP contribution in [0.25, 0.3) is 0 Å². The molecule has 2 atom stereocenters. The molecule has 0 spiro atoms. The van der Waals surface area contributed by atoms with Crippen LogP contribution < -0.4 is 0 Å². The molecular weight excluding hydrogens is 307 g/mol. The molecule has 0 aliphatic carbocycles. The van der Waals surface area contributed by atoms with Crippen molar-refractivity contribution in [2.24, 2.45) is 0 Å². The Morgan fingerprint density at radius 1 is 1.15 bits per heavy atom. The first-order valence-corrected chi connectivity index (χ1v) is 8.71. The Balaban J connectivity index is 2.27. The van der Waals surface area contributed by atoms with Crippen molar-refractivity contribution in [2.45, 2.75) is 18.4 Å². The first-order chi connectivity index (χ1) is 9.40. The molecule has 1 saturated heterocycles. The van der Waals surface area contributed by atoms with E-state index < -0.39 is 29.9 Å². The smallest absolute Gasteiger partial charge is 0.310 e. The van der Waals surface area contributed by atoms with Crippen LogP contribution in [0, 0.1) is 0 Å². The van der Waals surface area contributed by atoms with Crippen LogP contribution in [0.5, 0.6) is 0 Å². The quantitative estimate of drug-likeness (QED) is 0.762. The summed E-state index contributed by atoms with van der Waals surface area (Å²) >= 11 is 0. The van der Waals surface area contributed by atoms with Crippen LogP contribution in [0.3, 0.4) is 0 Å². The van der Waals surface area contributed by atoms with Gasteiger partial charge in [-0.3, -0.25) is 4.57 Å². The number of hydrogen-bond acceptors (Lipinski definition) is 7. The maximum atomic E-state index is 12.3. The van der Waals surface area contributed by atoms with E-state index in [2.05, 4.69) is 0 Å². The Labute approximate surface area is 117 Å². The second-order valence-corrected chi connectivity index (χ2v) is 7.64. The molecule has 0 bridgehead atoms. The summed E-state index contributed by atoms with van der Waals surface area (Å²) in [5.74, 6) is -1.32. The molecule has 0 radical (unpaired) electrons. The van der Waals surface area contributed by atoms with E-state index in [0.717, 1.165) is 19.8 Å². The number of hydrogen-bond donors (Lipinski definition) is 0. The van der Waals surface area contributed by atoms with Crippen molar-refractivity contribution in [1.82, 2.24) is 0 Å². The molecule has 0 saturated carbocycles. The summed E-state index contributed by atoms with van der Waals surface area (Å²) in [5, 5.41) is 0. The molecule has 0 aromatic heterocycles. The van der Waals surface area contributed by atoms with Gasteiger partial charge in [0.1, 0.15) is 6.10 Å². The molecule has 1 aromatic carbocycles. The molecule has 0 unspecified atom stereocenters. The van der Waals surface area contributed by atoms with Crippen molar-refractivity contribution < 1.29 is 30.4 Å². The van der Waals surface area contributed by atoms with E-state index in [1.54, 1.807) is 24.3 Å². The Hall–Kier alpha value is -0.760. The molecular formula is C11H15O7PS. The fraction of sp³-hybridized carbons (Fsp3) is 0.455. The lowest BCUT2D eigenvalue weighted by molar-refractivity contribution is 0.161. The number of rotatable bonds is 5. The molecule has 0 N–H and O–H groups in total. The van der Waals surface area contributed by atoms with E-state index in [9.17, 15) is 13.0 Å². The molecule has 1 heterocycles. The van der Waals surface area contributed by atoms with Gasteiger partial charge in [-0.1, -0.05) is 30.3 Å². The van der Waals surface area contributed by atoms with Crippen LogP contribution in [0.15, 0.2) is 30.3 Å². The van der Waals surface area contributed by atoms with E-state index >= 15 is 0 Å². The molecule has 1 fully saturated rings. The van der Waals surface area contributed by atoms with Gasteiger partial charge in [-0.05, 0) is 5.56 Å². The standard InChI is InChI=1S/C11H15O7PS/c1-15-19(12,16-2)11-10(17-20(13,14)18-11)8-9-6-4-3-5-7-9/h3-7,10-11H,8H2,1-2H3/t10-,11-/m0/s1. The van der Waals surface area contributed by atoms with E-state index in [0.29, 0.717) is 0 Å². The lowest BCUT2D eigenvalue weighted by atomic mass is 10.1. The van der Waals surface area contributed by atoms with Crippen molar-refractivity contribution in [1.29, 1.82) is 0 Å². The van der Waals surface area contributed by atoms with E-state index in [4.69, 9.17) is 17.4 Å². The fourth-order valence-electron chi connectivity index (χ4n) is 1.92. The Morgan fingerprint density at radius 3 is 2.30 bits per heavy atom. The molecule has 2 rings (SSSR count). The Bertz CT molecular complexity index is 592. The predicted molar refractivity (Wildman–Crippen MR) is 70.4 cm³/mol. The first kappa shape index (κ1) is 15.6. The highest BCUT2D eigenvalue weighted by Crippen LogP contribution is 2.56. The van der Waals surface area contributed by atoms with Crippen LogP contribution in [-0.2, 0) is 38.8 Å². The minimum absolute atomic E-state index is 0.210. The van der Waals surface area contributed by atoms with Crippen LogP contribution in [0.4, 0.5) is 0 Å². The minimum Gasteiger partial charge on any atom is -0.310 e. The highest BCUT2D eigenvalue weighted by atomic mass is 32.3. The van der Waals surface area contributed by atoms with Crippen molar-refractivity contribution in [3.05, 3.63) is 35.9 Å². The lowest BCUT2D eigenvalue weighted by Crippen LogP contribution is -2.26.